The molecule has 2 rings (SSSR count). The van der Waals surface area contributed by atoms with Crippen molar-refractivity contribution in [1.29, 1.82) is 0 Å². The van der Waals surface area contributed by atoms with E-state index in [1.54, 1.807) is 7.05 Å². The Morgan fingerprint density at radius 3 is 2.71 bits per heavy atom. The van der Waals surface area contributed by atoms with Gasteiger partial charge in [0.15, 0.2) is 0 Å². The van der Waals surface area contributed by atoms with Crippen LogP contribution in [0.4, 0.5) is 0 Å². The summed E-state index contributed by atoms with van der Waals surface area (Å²) in [7, 11) is 3.54. The molecule has 1 aromatic carbocycles. The van der Waals surface area contributed by atoms with Crippen LogP contribution < -0.4 is 10.7 Å². The lowest BCUT2D eigenvalue weighted by molar-refractivity contribution is 0.929. The molecule has 1 aliphatic rings. The Labute approximate surface area is 108 Å². The van der Waals surface area contributed by atoms with Gasteiger partial charge in [-0.25, -0.2) is 5.43 Å². The minimum absolute atomic E-state index is 0. The van der Waals surface area contributed by atoms with E-state index in [4.69, 9.17) is 0 Å². The number of guanidine groups is 1. The Kier molecular flexibility index (Phi) is 4.97. The van der Waals surface area contributed by atoms with Crippen LogP contribution in [0.15, 0.2) is 34.4 Å². The van der Waals surface area contributed by atoms with Gasteiger partial charge >= 0.3 is 0 Å². The predicted octanol–water partition coefficient (Wildman–Crippen LogP) is 1.55. The average molecular weight is 253 g/mol. The highest BCUT2D eigenvalue weighted by atomic mass is 35.5. The summed E-state index contributed by atoms with van der Waals surface area (Å²) in [6.07, 6.45) is 2.07. The predicted molar refractivity (Wildman–Crippen MR) is 74.1 cm³/mol. The largest absolute Gasteiger partial charge is 0.358 e. The van der Waals surface area contributed by atoms with Crippen molar-refractivity contribution >= 4 is 24.1 Å². The fourth-order valence-electron chi connectivity index (χ4n) is 1.86. The van der Waals surface area contributed by atoms with Crippen molar-refractivity contribution in [3.63, 3.8) is 0 Å². The van der Waals surface area contributed by atoms with Gasteiger partial charge in [-0.2, -0.15) is 5.10 Å². The molecule has 1 aliphatic carbocycles. The van der Waals surface area contributed by atoms with Crippen molar-refractivity contribution < 1.29 is 0 Å². The van der Waals surface area contributed by atoms with E-state index in [0.717, 1.165) is 18.6 Å². The average Bonchev–Trinajstić information content (AvgIpc) is 2.74. The van der Waals surface area contributed by atoms with Crippen molar-refractivity contribution in [3.8, 4) is 0 Å². The molecule has 0 saturated heterocycles. The maximum Gasteiger partial charge on any atom is 0.211 e. The molecule has 0 radical (unpaired) electrons. The molecule has 2 N–H and O–H groups in total. The van der Waals surface area contributed by atoms with Crippen molar-refractivity contribution in [2.24, 2.45) is 10.1 Å². The van der Waals surface area contributed by atoms with Gasteiger partial charge in [-0.05, 0) is 18.4 Å². The molecule has 92 valence electrons. The number of rotatable bonds is 1. The number of aryl methyl sites for hydroxylation is 1. The molecule has 5 heteroatoms. The fraction of sp³-hybridized carbons (Fsp3) is 0.333. The molecule has 0 heterocycles. The molecule has 0 spiro atoms. The molecule has 1 aromatic rings. The second-order valence-corrected chi connectivity index (χ2v) is 3.65. The monoisotopic (exact) mass is 252 g/mol. The zero-order chi connectivity index (χ0) is 11.4. The normalized spacial score (nSPS) is 16.4. The number of benzene rings is 1. The van der Waals surface area contributed by atoms with E-state index in [1.165, 1.54) is 11.1 Å². The van der Waals surface area contributed by atoms with Crippen LogP contribution in [-0.2, 0) is 6.42 Å². The number of halogens is 1. The van der Waals surface area contributed by atoms with Gasteiger partial charge in [0.05, 0.1) is 5.71 Å². The lowest BCUT2D eigenvalue weighted by Gasteiger charge is -2.04. The Morgan fingerprint density at radius 1 is 1.24 bits per heavy atom. The highest BCUT2D eigenvalue weighted by molar-refractivity contribution is 6.04. The summed E-state index contributed by atoms with van der Waals surface area (Å²) in [5.41, 5.74) is 6.66. The van der Waals surface area contributed by atoms with E-state index < -0.39 is 0 Å². The zero-order valence-corrected chi connectivity index (χ0v) is 10.8. The van der Waals surface area contributed by atoms with Crippen molar-refractivity contribution in [1.82, 2.24) is 10.7 Å². The first-order valence-electron chi connectivity index (χ1n) is 5.40. The number of hydrogen-bond donors (Lipinski definition) is 2. The van der Waals surface area contributed by atoms with Crippen LogP contribution in [0.25, 0.3) is 0 Å². The third-order valence-electron chi connectivity index (χ3n) is 2.72. The minimum Gasteiger partial charge on any atom is -0.358 e. The second-order valence-electron chi connectivity index (χ2n) is 3.65. The molecule has 17 heavy (non-hydrogen) atoms. The molecule has 0 saturated carbocycles. The van der Waals surface area contributed by atoms with Crippen molar-refractivity contribution in [2.45, 2.75) is 12.8 Å². The smallest absolute Gasteiger partial charge is 0.211 e. The summed E-state index contributed by atoms with van der Waals surface area (Å²) < 4.78 is 0. The summed E-state index contributed by atoms with van der Waals surface area (Å²) in [6, 6.07) is 8.39. The number of nitrogens with zero attached hydrogens (tertiary/aromatic N) is 2. The SMILES string of the molecule is CN=C(NC)NN=C1CCc2ccccc21.Cl. The molecule has 0 bridgehead atoms. The summed E-state index contributed by atoms with van der Waals surface area (Å²) in [4.78, 5) is 4.01. The van der Waals surface area contributed by atoms with Crippen LogP contribution in [0, 0.1) is 0 Å². The van der Waals surface area contributed by atoms with Crippen molar-refractivity contribution in [3.05, 3.63) is 35.4 Å². The Balaban J connectivity index is 0.00000144. The maximum absolute atomic E-state index is 4.38. The zero-order valence-electron chi connectivity index (χ0n) is 10.0. The van der Waals surface area contributed by atoms with Crippen LogP contribution in [0.5, 0.6) is 0 Å². The highest BCUT2D eigenvalue weighted by Crippen LogP contribution is 2.21. The molecule has 0 amide bonds. The minimum atomic E-state index is 0. The lowest BCUT2D eigenvalue weighted by Crippen LogP contribution is -2.31. The lowest BCUT2D eigenvalue weighted by atomic mass is 10.1. The number of hydrazone groups is 1. The quantitative estimate of drug-likeness (QED) is 0.453. The van der Waals surface area contributed by atoms with E-state index in [-0.39, 0.29) is 12.4 Å². The first-order chi connectivity index (χ1) is 7.85. The van der Waals surface area contributed by atoms with Gasteiger partial charge < -0.3 is 5.32 Å². The Hall–Kier alpha value is -1.55. The first kappa shape index (κ1) is 13.5. The molecule has 0 atom stereocenters. The molecule has 4 nitrogen and oxygen atoms in total. The Morgan fingerprint density at radius 2 is 2.00 bits per heavy atom. The second kappa shape index (κ2) is 6.25. The van der Waals surface area contributed by atoms with Crippen LogP contribution in [0.2, 0.25) is 0 Å². The van der Waals surface area contributed by atoms with Crippen LogP contribution in [0.3, 0.4) is 0 Å². The van der Waals surface area contributed by atoms with E-state index in [9.17, 15) is 0 Å². The highest BCUT2D eigenvalue weighted by Gasteiger charge is 2.16. The van der Waals surface area contributed by atoms with Crippen LogP contribution in [0.1, 0.15) is 17.5 Å². The van der Waals surface area contributed by atoms with Gasteiger partial charge in [0, 0.05) is 19.7 Å². The molecule has 0 unspecified atom stereocenters. The molecule has 0 fully saturated rings. The summed E-state index contributed by atoms with van der Waals surface area (Å²) in [6.45, 7) is 0. The van der Waals surface area contributed by atoms with Crippen LogP contribution in [-0.4, -0.2) is 25.8 Å². The van der Waals surface area contributed by atoms with E-state index in [2.05, 4.69) is 39.0 Å². The van der Waals surface area contributed by atoms with E-state index >= 15 is 0 Å². The van der Waals surface area contributed by atoms with Crippen LogP contribution >= 0.6 is 12.4 Å². The summed E-state index contributed by atoms with van der Waals surface area (Å²) in [5.74, 6) is 0.678. The molecular weight excluding hydrogens is 236 g/mol. The molecular formula is C12H17ClN4. The third kappa shape index (κ3) is 2.97. The van der Waals surface area contributed by atoms with Gasteiger partial charge in [-0.15, -0.1) is 12.4 Å². The molecule has 0 aromatic heterocycles. The van der Waals surface area contributed by atoms with Gasteiger partial charge in [0.25, 0.3) is 0 Å². The van der Waals surface area contributed by atoms with E-state index in [0.29, 0.717) is 5.96 Å². The number of hydrogen-bond acceptors (Lipinski definition) is 2. The third-order valence-corrected chi connectivity index (χ3v) is 2.72. The first-order valence-corrected chi connectivity index (χ1v) is 5.40. The van der Waals surface area contributed by atoms with Gasteiger partial charge in [-0.3, -0.25) is 4.99 Å². The standard InChI is InChI=1S/C12H16N4.ClH/c1-13-12(14-2)16-15-11-8-7-9-5-3-4-6-10(9)11;/h3-6H,7-8H2,1-2H3,(H2,13,14,16);1H. The fourth-order valence-corrected chi connectivity index (χ4v) is 1.86. The topological polar surface area (TPSA) is 48.8 Å². The van der Waals surface area contributed by atoms with Gasteiger partial charge in [-0.1, -0.05) is 24.3 Å². The van der Waals surface area contributed by atoms with Gasteiger partial charge in [0.1, 0.15) is 0 Å². The Bertz CT molecular complexity index is 440. The van der Waals surface area contributed by atoms with Crippen molar-refractivity contribution in [2.75, 3.05) is 14.1 Å². The van der Waals surface area contributed by atoms with E-state index in [1.807, 2.05) is 13.1 Å². The number of nitrogens with one attached hydrogen (secondary N) is 2. The van der Waals surface area contributed by atoms with Gasteiger partial charge in [0.2, 0.25) is 5.96 Å². The molecule has 0 aliphatic heterocycles. The maximum atomic E-state index is 4.38. The summed E-state index contributed by atoms with van der Waals surface area (Å²) in [5, 5.41) is 7.31. The number of aliphatic imine (C=N–C) groups is 1. The number of fused-ring (bicyclic) bond motifs is 1. The summed E-state index contributed by atoms with van der Waals surface area (Å²) >= 11 is 0.